The van der Waals surface area contributed by atoms with Gasteiger partial charge >= 0.3 is 12.1 Å². The fourth-order valence-electron chi connectivity index (χ4n) is 2.20. The van der Waals surface area contributed by atoms with Crippen LogP contribution in [-0.4, -0.2) is 17.5 Å². The quantitative estimate of drug-likeness (QED) is 0.433. The van der Waals surface area contributed by atoms with Crippen molar-refractivity contribution in [2.24, 2.45) is 0 Å². The Morgan fingerprint density at radius 1 is 1.12 bits per heavy atom. The Kier molecular flexibility index (Phi) is 6.11. The standard InChI is InChI=1S/C18H14F3NO4/c19-18(20,21)16-7-5-15(6-8-16)17(23)26-12-10-14-4-2-1-3-13(14)9-11-22(24)25/h1-9,11H,10,12H2/b11-9+. The van der Waals surface area contributed by atoms with E-state index < -0.39 is 22.6 Å². The van der Waals surface area contributed by atoms with Crippen molar-refractivity contribution in [2.45, 2.75) is 12.6 Å². The number of hydrogen-bond donors (Lipinski definition) is 0. The summed E-state index contributed by atoms with van der Waals surface area (Å²) in [4.78, 5) is 21.7. The van der Waals surface area contributed by atoms with Gasteiger partial charge in [-0.3, -0.25) is 10.1 Å². The van der Waals surface area contributed by atoms with E-state index in [0.717, 1.165) is 36.0 Å². The largest absolute Gasteiger partial charge is 0.462 e. The number of alkyl halides is 3. The van der Waals surface area contributed by atoms with Crippen molar-refractivity contribution >= 4 is 12.0 Å². The second-order valence-electron chi connectivity index (χ2n) is 5.26. The molecule has 0 bridgehead atoms. The second kappa shape index (κ2) is 8.28. The highest BCUT2D eigenvalue weighted by molar-refractivity contribution is 5.89. The fourth-order valence-corrected chi connectivity index (χ4v) is 2.20. The van der Waals surface area contributed by atoms with Gasteiger partial charge in [-0.25, -0.2) is 4.79 Å². The van der Waals surface area contributed by atoms with Gasteiger partial charge in [0.15, 0.2) is 0 Å². The van der Waals surface area contributed by atoms with Gasteiger partial charge in [0.2, 0.25) is 6.20 Å². The molecule has 0 N–H and O–H groups in total. The minimum atomic E-state index is -4.47. The van der Waals surface area contributed by atoms with Gasteiger partial charge in [-0.05, 0) is 35.4 Å². The molecule has 0 aliphatic carbocycles. The number of ether oxygens (including phenoxy) is 1. The third-order valence-electron chi connectivity index (χ3n) is 3.48. The SMILES string of the molecule is O=C(OCCc1ccccc1/C=C/[N+](=O)[O-])c1ccc(C(F)(F)F)cc1. The molecule has 0 unspecified atom stereocenters. The highest BCUT2D eigenvalue weighted by atomic mass is 19.4. The summed E-state index contributed by atoms with van der Waals surface area (Å²) in [5, 5.41) is 10.4. The molecule has 2 aromatic rings. The topological polar surface area (TPSA) is 69.4 Å². The summed E-state index contributed by atoms with van der Waals surface area (Å²) in [7, 11) is 0. The van der Waals surface area contributed by atoms with E-state index >= 15 is 0 Å². The van der Waals surface area contributed by atoms with Crippen molar-refractivity contribution in [3.8, 4) is 0 Å². The smallest absolute Gasteiger partial charge is 0.416 e. The maximum absolute atomic E-state index is 12.5. The minimum Gasteiger partial charge on any atom is -0.462 e. The number of carbonyl (C=O) groups is 1. The van der Waals surface area contributed by atoms with Crippen molar-refractivity contribution < 1.29 is 27.6 Å². The van der Waals surface area contributed by atoms with Gasteiger partial charge in [0, 0.05) is 12.5 Å². The molecule has 0 aliphatic rings. The summed E-state index contributed by atoms with van der Waals surface area (Å²) < 4.78 is 42.6. The van der Waals surface area contributed by atoms with Gasteiger partial charge < -0.3 is 4.74 Å². The normalized spacial score (nSPS) is 11.5. The maximum atomic E-state index is 12.5. The molecule has 5 nitrogen and oxygen atoms in total. The number of nitrogens with zero attached hydrogens (tertiary/aromatic N) is 1. The van der Waals surface area contributed by atoms with E-state index in [4.69, 9.17) is 4.74 Å². The number of esters is 1. The van der Waals surface area contributed by atoms with E-state index in [-0.39, 0.29) is 12.2 Å². The van der Waals surface area contributed by atoms with Crippen LogP contribution >= 0.6 is 0 Å². The zero-order valence-corrected chi connectivity index (χ0v) is 13.4. The van der Waals surface area contributed by atoms with Crippen LogP contribution in [0.3, 0.4) is 0 Å². The molecule has 0 aromatic heterocycles. The summed E-state index contributed by atoms with van der Waals surface area (Å²) in [6, 6.07) is 10.6. The highest BCUT2D eigenvalue weighted by Gasteiger charge is 2.30. The van der Waals surface area contributed by atoms with Gasteiger partial charge in [-0.2, -0.15) is 13.2 Å². The Labute approximate surface area is 146 Å². The van der Waals surface area contributed by atoms with Crippen molar-refractivity contribution in [3.05, 3.63) is 87.1 Å². The van der Waals surface area contributed by atoms with Gasteiger partial charge in [0.1, 0.15) is 0 Å². The predicted molar refractivity (Wildman–Crippen MR) is 87.9 cm³/mol. The molecule has 26 heavy (non-hydrogen) atoms. The van der Waals surface area contributed by atoms with Crippen molar-refractivity contribution in [3.63, 3.8) is 0 Å². The van der Waals surface area contributed by atoms with Crippen LogP contribution in [0.1, 0.15) is 27.0 Å². The number of nitro groups is 1. The van der Waals surface area contributed by atoms with Gasteiger partial charge in [-0.1, -0.05) is 24.3 Å². The molecule has 2 rings (SSSR count). The van der Waals surface area contributed by atoms with E-state index in [1.54, 1.807) is 24.3 Å². The Balaban J connectivity index is 1.96. The molecule has 0 heterocycles. The first-order valence-electron chi connectivity index (χ1n) is 7.51. The van der Waals surface area contributed by atoms with Crippen LogP contribution in [0.5, 0.6) is 0 Å². The first-order chi connectivity index (χ1) is 12.3. The van der Waals surface area contributed by atoms with Crippen LogP contribution in [-0.2, 0) is 17.3 Å². The Bertz CT molecular complexity index is 814. The molecule has 2 aromatic carbocycles. The average Bonchev–Trinajstić information content (AvgIpc) is 2.60. The summed E-state index contributed by atoms with van der Waals surface area (Å²) in [5.74, 6) is -0.739. The lowest BCUT2D eigenvalue weighted by Gasteiger charge is -2.09. The summed E-state index contributed by atoms with van der Waals surface area (Å²) in [5.41, 5.74) is 0.528. The molecular weight excluding hydrogens is 351 g/mol. The van der Waals surface area contributed by atoms with E-state index in [1.165, 1.54) is 6.08 Å². The highest BCUT2D eigenvalue weighted by Crippen LogP contribution is 2.29. The molecular formula is C18H14F3NO4. The fraction of sp³-hybridized carbons (Fsp3) is 0.167. The van der Waals surface area contributed by atoms with E-state index in [2.05, 4.69) is 0 Å². The first-order valence-corrected chi connectivity index (χ1v) is 7.51. The van der Waals surface area contributed by atoms with Crippen LogP contribution in [0, 0.1) is 10.1 Å². The lowest BCUT2D eigenvalue weighted by molar-refractivity contribution is -0.400. The molecule has 0 radical (unpaired) electrons. The van der Waals surface area contributed by atoms with Crippen molar-refractivity contribution in [1.29, 1.82) is 0 Å². The maximum Gasteiger partial charge on any atom is 0.416 e. The lowest BCUT2D eigenvalue weighted by Crippen LogP contribution is -2.10. The predicted octanol–water partition coefficient (Wildman–Crippen LogP) is 4.35. The third-order valence-corrected chi connectivity index (χ3v) is 3.48. The molecule has 0 saturated carbocycles. The lowest BCUT2D eigenvalue weighted by atomic mass is 10.1. The summed E-state index contributed by atoms with van der Waals surface area (Å²) >= 11 is 0. The molecule has 0 fully saturated rings. The molecule has 0 aliphatic heterocycles. The molecule has 8 heteroatoms. The molecule has 0 amide bonds. The number of hydrogen-bond acceptors (Lipinski definition) is 4. The molecule has 136 valence electrons. The van der Waals surface area contributed by atoms with Gasteiger partial charge in [0.05, 0.1) is 22.7 Å². The summed E-state index contributed by atoms with van der Waals surface area (Å²) in [6.07, 6.45) is -2.01. The molecule has 0 saturated heterocycles. The van der Waals surface area contributed by atoms with Crippen LogP contribution in [0.15, 0.2) is 54.7 Å². The second-order valence-corrected chi connectivity index (χ2v) is 5.26. The number of carbonyl (C=O) groups excluding carboxylic acids is 1. The molecule has 0 atom stereocenters. The van der Waals surface area contributed by atoms with Crippen LogP contribution < -0.4 is 0 Å². The Morgan fingerprint density at radius 3 is 2.38 bits per heavy atom. The zero-order valence-electron chi connectivity index (χ0n) is 13.4. The zero-order chi connectivity index (χ0) is 19.2. The van der Waals surface area contributed by atoms with E-state index in [0.29, 0.717) is 12.0 Å². The van der Waals surface area contributed by atoms with Crippen LogP contribution in [0.2, 0.25) is 0 Å². The first kappa shape index (κ1) is 19.2. The van der Waals surface area contributed by atoms with Crippen molar-refractivity contribution in [2.75, 3.05) is 6.61 Å². The number of rotatable bonds is 6. The van der Waals surface area contributed by atoms with E-state index in [1.807, 2.05) is 0 Å². The summed E-state index contributed by atoms with van der Waals surface area (Å²) in [6.45, 7) is -0.0107. The number of benzene rings is 2. The Hall–Kier alpha value is -3.16. The monoisotopic (exact) mass is 365 g/mol. The number of halogens is 3. The van der Waals surface area contributed by atoms with E-state index in [9.17, 15) is 28.1 Å². The third kappa shape index (κ3) is 5.44. The Morgan fingerprint density at radius 2 is 1.77 bits per heavy atom. The van der Waals surface area contributed by atoms with Gasteiger partial charge in [-0.15, -0.1) is 0 Å². The minimum absolute atomic E-state index is 0.0107. The molecule has 0 spiro atoms. The van der Waals surface area contributed by atoms with Gasteiger partial charge in [0.25, 0.3) is 0 Å². The van der Waals surface area contributed by atoms with Crippen LogP contribution in [0.25, 0.3) is 6.08 Å². The average molecular weight is 365 g/mol. The van der Waals surface area contributed by atoms with Crippen LogP contribution in [0.4, 0.5) is 13.2 Å². The van der Waals surface area contributed by atoms with Crippen molar-refractivity contribution in [1.82, 2.24) is 0 Å².